The SMILES string of the molecule is CCN=S(=O)(O)c1ccc(C)cc1.CN=S(N)(=O)OO.O=S(=O)(NO)c1ccccc1. The molecule has 12 nitrogen and oxygen atoms in total. The number of aryl methyl sites for hydroxylation is 1. The molecular formula is C16H26N4O8S3. The Kier molecular flexibility index (Phi) is 12.6. The summed E-state index contributed by atoms with van der Waals surface area (Å²) < 4.78 is 62.5. The van der Waals surface area contributed by atoms with E-state index in [0.29, 0.717) is 11.4 Å². The molecule has 0 aliphatic rings. The largest absolute Gasteiger partial charge is 0.302 e. The molecule has 2 atom stereocenters. The van der Waals surface area contributed by atoms with Crippen molar-refractivity contribution in [2.75, 3.05) is 13.6 Å². The van der Waals surface area contributed by atoms with Crippen LogP contribution in [0.1, 0.15) is 12.5 Å². The van der Waals surface area contributed by atoms with Crippen LogP contribution in [0.4, 0.5) is 0 Å². The second kappa shape index (κ2) is 13.5. The fraction of sp³-hybridized carbons (Fsp3) is 0.250. The van der Waals surface area contributed by atoms with E-state index < -0.39 is 30.2 Å². The summed E-state index contributed by atoms with van der Waals surface area (Å²) in [6.07, 6.45) is 0. The number of nitrogens with zero attached hydrogens (tertiary/aromatic N) is 2. The van der Waals surface area contributed by atoms with Crippen LogP contribution in [0.25, 0.3) is 0 Å². The first kappa shape index (κ1) is 29.1. The van der Waals surface area contributed by atoms with Crippen molar-refractivity contribution in [2.45, 2.75) is 23.6 Å². The number of nitrogens with one attached hydrogen (secondary N) is 1. The maximum absolute atomic E-state index is 11.5. The maximum atomic E-state index is 11.5. The highest BCUT2D eigenvalue weighted by Gasteiger charge is 2.09. The number of sulfonamides is 1. The minimum Gasteiger partial charge on any atom is -0.302 e. The van der Waals surface area contributed by atoms with Crippen LogP contribution in [0, 0.1) is 6.92 Å². The summed E-state index contributed by atoms with van der Waals surface area (Å²) in [7, 11) is -8.89. The van der Waals surface area contributed by atoms with E-state index in [1.54, 1.807) is 49.4 Å². The van der Waals surface area contributed by atoms with Crippen LogP contribution in [0.5, 0.6) is 0 Å². The predicted molar refractivity (Wildman–Crippen MR) is 116 cm³/mol. The zero-order chi connectivity index (χ0) is 24.1. The third kappa shape index (κ3) is 11.3. The van der Waals surface area contributed by atoms with Gasteiger partial charge in [-0.1, -0.05) is 40.8 Å². The molecule has 0 bridgehead atoms. The molecule has 0 radical (unpaired) electrons. The Labute approximate surface area is 182 Å². The van der Waals surface area contributed by atoms with E-state index in [-0.39, 0.29) is 4.90 Å². The molecule has 31 heavy (non-hydrogen) atoms. The third-order valence-electron chi connectivity index (χ3n) is 3.17. The molecule has 2 unspecified atom stereocenters. The van der Waals surface area contributed by atoms with Gasteiger partial charge in [-0.25, -0.2) is 36.0 Å². The number of nitrogens with two attached hydrogens (primary N) is 1. The van der Waals surface area contributed by atoms with Crippen molar-refractivity contribution >= 4 is 30.2 Å². The molecule has 0 fully saturated rings. The minimum absolute atomic E-state index is 0.0440. The molecule has 0 aliphatic heterocycles. The van der Waals surface area contributed by atoms with Gasteiger partial charge in [0, 0.05) is 13.6 Å². The highest BCUT2D eigenvalue weighted by molar-refractivity contribution is 7.89. The Bertz CT molecular complexity index is 1140. The van der Waals surface area contributed by atoms with E-state index in [4.69, 9.17) is 10.5 Å². The van der Waals surface area contributed by atoms with Crippen LogP contribution < -0.4 is 10.0 Å². The normalized spacial score (nSPS) is 14.4. The van der Waals surface area contributed by atoms with E-state index in [1.807, 2.05) is 6.92 Å². The Morgan fingerprint density at radius 2 is 1.52 bits per heavy atom. The van der Waals surface area contributed by atoms with Crippen LogP contribution in [0.15, 0.2) is 73.1 Å². The molecule has 0 spiro atoms. The van der Waals surface area contributed by atoms with Gasteiger partial charge in [-0.2, -0.15) is 0 Å². The molecule has 0 amide bonds. The van der Waals surface area contributed by atoms with E-state index in [0.717, 1.165) is 5.56 Å². The van der Waals surface area contributed by atoms with Crippen LogP contribution in [-0.2, 0) is 34.6 Å². The van der Waals surface area contributed by atoms with E-state index >= 15 is 0 Å². The summed E-state index contributed by atoms with van der Waals surface area (Å²) in [6, 6.07) is 14.5. The molecule has 2 aromatic carbocycles. The fourth-order valence-electron chi connectivity index (χ4n) is 1.65. The molecule has 2 rings (SSSR count). The summed E-state index contributed by atoms with van der Waals surface area (Å²) in [5.41, 5.74) is 1.07. The Balaban J connectivity index is 0.000000457. The van der Waals surface area contributed by atoms with Crippen molar-refractivity contribution in [3.63, 3.8) is 0 Å². The van der Waals surface area contributed by atoms with Crippen LogP contribution >= 0.6 is 0 Å². The Morgan fingerprint density at radius 3 is 1.87 bits per heavy atom. The summed E-state index contributed by atoms with van der Waals surface area (Å²) in [5.74, 6) is 0. The molecular weight excluding hydrogens is 472 g/mol. The van der Waals surface area contributed by atoms with E-state index in [2.05, 4.69) is 18.2 Å². The van der Waals surface area contributed by atoms with E-state index in [9.17, 15) is 21.4 Å². The zero-order valence-corrected chi connectivity index (χ0v) is 19.4. The first-order valence-corrected chi connectivity index (χ1v) is 12.8. The number of hydrogen-bond acceptors (Lipinski definition) is 9. The van der Waals surface area contributed by atoms with Gasteiger partial charge < -0.3 is 5.21 Å². The van der Waals surface area contributed by atoms with Crippen LogP contribution in [-0.4, -0.2) is 45.4 Å². The monoisotopic (exact) mass is 498 g/mol. The van der Waals surface area contributed by atoms with Gasteiger partial charge in [0.2, 0.25) is 0 Å². The highest BCUT2D eigenvalue weighted by atomic mass is 32.2. The smallest absolute Gasteiger partial charge is 0.262 e. The lowest BCUT2D eigenvalue weighted by molar-refractivity contribution is -0.126. The molecule has 0 saturated heterocycles. The Hall–Kier alpha value is -1.95. The predicted octanol–water partition coefficient (Wildman–Crippen LogP) is 2.03. The second-order valence-corrected chi connectivity index (χ2v) is 10.4. The quantitative estimate of drug-likeness (QED) is 0.304. The number of hydrogen-bond donors (Lipinski definition) is 5. The fourth-order valence-corrected chi connectivity index (χ4v) is 3.33. The van der Waals surface area contributed by atoms with Gasteiger partial charge in [-0.05, 0) is 38.1 Å². The van der Waals surface area contributed by atoms with Crippen molar-refractivity contribution in [2.24, 2.45) is 13.9 Å². The number of rotatable bonds is 5. The summed E-state index contributed by atoms with van der Waals surface area (Å²) >= 11 is 0. The second-order valence-electron chi connectivity index (χ2n) is 5.43. The van der Waals surface area contributed by atoms with Gasteiger partial charge in [0.05, 0.1) is 9.79 Å². The third-order valence-corrected chi connectivity index (χ3v) is 6.52. The first-order chi connectivity index (χ1) is 14.3. The van der Waals surface area contributed by atoms with Gasteiger partial charge in [0.15, 0.2) is 10.0 Å². The zero-order valence-electron chi connectivity index (χ0n) is 17.0. The van der Waals surface area contributed by atoms with Gasteiger partial charge >= 0.3 is 0 Å². The van der Waals surface area contributed by atoms with Gasteiger partial charge in [0.25, 0.3) is 20.2 Å². The van der Waals surface area contributed by atoms with Crippen molar-refractivity contribution in [1.29, 1.82) is 0 Å². The van der Waals surface area contributed by atoms with Crippen molar-refractivity contribution in [3.05, 3.63) is 60.2 Å². The van der Waals surface area contributed by atoms with Crippen molar-refractivity contribution < 1.29 is 36.2 Å². The lowest BCUT2D eigenvalue weighted by Gasteiger charge is -2.01. The van der Waals surface area contributed by atoms with Gasteiger partial charge in [0.1, 0.15) is 0 Å². The summed E-state index contributed by atoms with van der Waals surface area (Å²) in [4.78, 5) is 1.65. The summed E-state index contributed by atoms with van der Waals surface area (Å²) in [6.45, 7) is 4.02. The molecule has 176 valence electrons. The Morgan fingerprint density at radius 1 is 1.00 bits per heavy atom. The molecule has 0 heterocycles. The molecule has 0 aromatic heterocycles. The lowest BCUT2D eigenvalue weighted by Crippen LogP contribution is -2.18. The molecule has 15 heteroatoms. The van der Waals surface area contributed by atoms with E-state index in [1.165, 1.54) is 24.1 Å². The summed E-state index contributed by atoms with van der Waals surface area (Å²) in [5, 5.41) is 20.4. The first-order valence-electron chi connectivity index (χ1n) is 8.34. The highest BCUT2D eigenvalue weighted by Crippen LogP contribution is 2.11. The molecule has 0 aliphatic carbocycles. The maximum Gasteiger partial charge on any atom is 0.262 e. The average Bonchev–Trinajstić information content (AvgIpc) is 2.75. The van der Waals surface area contributed by atoms with Gasteiger partial charge in [-0.15, -0.1) is 4.33 Å². The van der Waals surface area contributed by atoms with Crippen LogP contribution in [0.2, 0.25) is 0 Å². The molecule has 6 N–H and O–H groups in total. The van der Waals surface area contributed by atoms with Crippen molar-refractivity contribution in [1.82, 2.24) is 4.89 Å². The minimum atomic E-state index is -3.69. The van der Waals surface area contributed by atoms with Crippen LogP contribution in [0.3, 0.4) is 0 Å². The van der Waals surface area contributed by atoms with Gasteiger partial charge in [-0.3, -0.25) is 4.55 Å². The standard InChI is InChI=1S/C9H13NO2S.C6H7NO3S.CH6N2O3S/c1-3-10-13(11,12)9-6-4-8(2)5-7-9;8-7-11(9,10)6-4-2-1-3-5-6;1-3-7(2,5)6-4/h4-7H,3H2,1-2H3,(H,10,11,12);1-5,7-8H;4H,1H3,(H2,2,3,5). The number of benzene rings is 2. The average molecular weight is 499 g/mol. The van der Waals surface area contributed by atoms with Crippen molar-refractivity contribution in [3.8, 4) is 0 Å². The molecule has 2 aromatic rings. The molecule has 0 saturated carbocycles. The topological polar surface area (TPSA) is 201 Å². The lowest BCUT2D eigenvalue weighted by atomic mass is 10.2.